The summed E-state index contributed by atoms with van der Waals surface area (Å²) in [5.74, 6) is -0.632. The molecule has 2 aromatic carbocycles. The number of rotatable bonds is 5. The maximum atomic E-state index is 12.5. The van der Waals surface area contributed by atoms with Crippen molar-refractivity contribution < 1.29 is 19.5 Å². The third-order valence-corrected chi connectivity index (χ3v) is 5.69. The molecule has 1 heterocycles. The molecule has 0 aromatic heterocycles. The number of aromatic hydroxyl groups is 1. The highest BCUT2D eigenvalue weighted by molar-refractivity contribution is 6.42. The van der Waals surface area contributed by atoms with Crippen molar-refractivity contribution in [3.8, 4) is 5.75 Å². The zero-order valence-corrected chi connectivity index (χ0v) is 17.0. The van der Waals surface area contributed by atoms with Crippen molar-refractivity contribution in [3.63, 3.8) is 0 Å². The number of Topliss-reactive ketones (excluding diaryl/α,β-unsaturated/α-hetero) is 1. The molecule has 152 valence electrons. The minimum atomic E-state index is -0.408. The van der Waals surface area contributed by atoms with Crippen LogP contribution in [0.5, 0.6) is 5.75 Å². The van der Waals surface area contributed by atoms with Gasteiger partial charge in [-0.1, -0.05) is 23.2 Å². The highest BCUT2D eigenvalue weighted by atomic mass is 35.5. The molecule has 0 unspecified atom stereocenters. The fourth-order valence-electron chi connectivity index (χ4n) is 3.26. The number of piperidine rings is 1. The maximum Gasteiger partial charge on any atom is 0.251 e. The van der Waals surface area contributed by atoms with E-state index in [9.17, 15) is 19.5 Å². The quantitative estimate of drug-likeness (QED) is 0.704. The summed E-state index contributed by atoms with van der Waals surface area (Å²) >= 11 is 11.7. The van der Waals surface area contributed by atoms with E-state index in [1.165, 1.54) is 30.3 Å². The predicted molar refractivity (Wildman–Crippen MR) is 111 cm³/mol. The Labute approximate surface area is 178 Å². The van der Waals surface area contributed by atoms with Gasteiger partial charge in [-0.3, -0.25) is 14.4 Å². The molecule has 0 saturated carbocycles. The lowest BCUT2D eigenvalue weighted by molar-refractivity contribution is -0.131. The lowest BCUT2D eigenvalue weighted by atomic mass is 9.89. The van der Waals surface area contributed by atoms with Crippen LogP contribution in [0.25, 0.3) is 0 Å². The number of ketones is 1. The Bertz CT molecular complexity index is 923. The second kappa shape index (κ2) is 9.29. The van der Waals surface area contributed by atoms with E-state index in [1.807, 2.05) is 0 Å². The van der Waals surface area contributed by atoms with Crippen molar-refractivity contribution in [2.75, 3.05) is 19.6 Å². The molecule has 3 rings (SSSR count). The molecule has 0 atom stereocenters. The summed E-state index contributed by atoms with van der Waals surface area (Å²) in [5, 5.41) is 12.5. The molecule has 0 aliphatic carbocycles. The molecule has 0 radical (unpaired) electrons. The molecule has 2 amide bonds. The van der Waals surface area contributed by atoms with Crippen molar-refractivity contribution in [1.82, 2.24) is 10.2 Å². The Morgan fingerprint density at radius 2 is 1.59 bits per heavy atom. The monoisotopic (exact) mass is 434 g/mol. The SMILES string of the molecule is O=C(NCC(=O)N1CCC(C(=O)c2ccc(O)cc2)CC1)c1ccc(Cl)c(Cl)c1. The van der Waals surface area contributed by atoms with Gasteiger partial charge in [0.1, 0.15) is 5.75 Å². The summed E-state index contributed by atoms with van der Waals surface area (Å²) in [5.41, 5.74) is 0.881. The third-order valence-electron chi connectivity index (χ3n) is 4.95. The zero-order valence-electron chi connectivity index (χ0n) is 15.5. The zero-order chi connectivity index (χ0) is 21.0. The van der Waals surface area contributed by atoms with E-state index in [-0.39, 0.29) is 34.9 Å². The molecule has 2 aromatic rings. The number of hydrogen-bond donors (Lipinski definition) is 2. The smallest absolute Gasteiger partial charge is 0.251 e. The number of benzene rings is 2. The molecule has 29 heavy (non-hydrogen) atoms. The number of hydrogen-bond acceptors (Lipinski definition) is 4. The number of amides is 2. The molecule has 1 aliphatic rings. The van der Waals surface area contributed by atoms with Crippen LogP contribution >= 0.6 is 23.2 Å². The van der Waals surface area contributed by atoms with Gasteiger partial charge in [-0.15, -0.1) is 0 Å². The Hall–Kier alpha value is -2.57. The average molecular weight is 435 g/mol. The molecule has 6 nitrogen and oxygen atoms in total. The highest BCUT2D eigenvalue weighted by Gasteiger charge is 2.28. The average Bonchev–Trinajstić information content (AvgIpc) is 2.74. The summed E-state index contributed by atoms with van der Waals surface area (Å²) in [6, 6.07) is 10.7. The second-order valence-corrected chi connectivity index (χ2v) is 7.69. The van der Waals surface area contributed by atoms with E-state index in [1.54, 1.807) is 17.0 Å². The minimum absolute atomic E-state index is 0.0185. The number of nitrogens with zero attached hydrogens (tertiary/aromatic N) is 1. The molecular weight excluding hydrogens is 415 g/mol. The van der Waals surface area contributed by atoms with Crippen LogP contribution in [0, 0.1) is 5.92 Å². The van der Waals surface area contributed by atoms with Crippen LogP contribution < -0.4 is 5.32 Å². The molecule has 2 N–H and O–H groups in total. The fraction of sp³-hybridized carbons (Fsp3) is 0.286. The minimum Gasteiger partial charge on any atom is -0.508 e. The van der Waals surface area contributed by atoms with E-state index < -0.39 is 5.91 Å². The first-order chi connectivity index (χ1) is 13.8. The Balaban J connectivity index is 1.48. The van der Waals surface area contributed by atoms with Crippen LogP contribution in [0.15, 0.2) is 42.5 Å². The van der Waals surface area contributed by atoms with Crippen LogP contribution in [0.3, 0.4) is 0 Å². The third kappa shape index (κ3) is 5.28. The summed E-state index contributed by atoms with van der Waals surface area (Å²) in [7, 11) is 0. The lowest BCUT2D eigenvalue weighted by Crippen LogP contribution is -2.45. The summed E-state index contributed by atoms with van der Waals surface area (Å²) in [6.07, 6.45) is 1.12. The summed E-state index contributed by atoms with van der Waals surface area (Å²) in [6.45, 7) is 0.779. The molecule has 8 heteroatoms. The summed E-state index contributed by atoms with van der Waals surface area (Å²) in [4.78, 5) is 38.8. The van der Waals surface area contributed by atoms with Gasteiger partial charge >= 0.3 is 0 Å². The van der Waals surface area contributed by atoms with Gasteiger partial charge in [-0.25, -0.2) is 0 Å². The van der Waals surface area contributed by atoms with E-state index >= 15 is 0 Å². The first kappa shape index (κ1) is 21.1. The topological polar surface area (TPSA) is 86.7 Å². The Kier molecular flexibility index (Phi) is 6.77. The van der Waals surface area contributed by atoms with Gasteiger partial charge in [-0.05, 0) is 55.3 Å². The number of carbonyl (C=O) groups excluding carboxylic acids is 3. The number of halogens is 2. The van der Waals surface area contributed by atoms with Crippen LogP contribution in [0.1, 0.15) is 33.6 Å². The second-order valence-electron chi connectivity index (χ2n) is 6.88. The van der Waals surface area contributed by atoms with Crippen molar-refractivity contribution in [2.45, 2.75) is 12.8 Å². The Morgan fingerprint density at radius 3 is 2.21 bits per heavy atom. The Morgan fingerprint density at radius 1 is 0.966 bits per heavy atom. The molecule has 1 aliphatic heterocycles. The normalized spacial score (nSPS) is 14.5. The predicted octanol–water partition coefficient (Wildman–Crippen LogP) is 3.55. The standard InChI is InChI=1S/C21H20Cl2N2O4/c22-17-6-3-15(11-18(17)23)21(29)24-12-19(27)25-9-7-14(8-10-25)20(28)13-1-4-16(26)5-2-13/h1-6,11,14,26H,7-10,12H2,(H,24,29). The van der Waals surface area contributed by atoms with Gasteiger partial charge in [0.25, 0.3) is 5.91 Å². The van der Waals surface area contributed by atoms with Gasteiger partial charge < -0.3 is 15.3 Å². The van der Waals surface area contributed by atoms with Gasteiger partial charge in [-0.2, -0.15) is 0 Å². The number of likely N-dealkylation sites (tertiary alicyclic amines) is 1. The van der Waals surface area contributed by atoms with E-state index in [0.717, 1.165) is 0 Å². The largest absolute Gasteiger partial charge is 0.508 e. The van der Waals surface area contributed by atoms with Gasteiger partial charge in [0.05, 0.1) is 16.6 Å². The number of carbonyl (C=O) groups is 3. The number of phenolic OH excluding ortho intramolecular Hbond substituents is 1. The van der Waals surface area contributed by atoms with Crippen molar-refractivity contribution >= 4 is 40.8 Å². The van der Waals surface area contributed by atoms with Gasteiger partial charge in [0, 0.05) is 30.1 Å². The van der Waals surface area contributed by atoms with E-state index in [4.69, 9.17) is 23.2 Å². The first-order valence-electron chi connectivity index (χ1n) is 9.19. The van der Waals surface area contributed by atoms with Crippen LogP contribution in [0.4, 0.5) is 0 Å². The van der Waals surface area contributed by atoms with Gasteiger partial charge in [0.2, 0.25) is 5.91 Å². The fourth-order valence-corrected chi connectivity index (χ4v) is 3.56. The number of nitrogens with one attached hydrogen (secondary N) is 1. The van der Waals surface area contributed by atoms with E-state index in [0.29, 0.717) is 42.1 Å². The van der Waals surface area contributed by atoms with Crippen molar-refractivity contribution in [3.05, 3.63) is 63.6 Å². The molecule has 1 saturated heterocycles. The molecule has 0 bridgehead atoms. The lowest BCUT2D eigenvalue weighted by Gasteiger charge is -2.31. The number of phenols is 1. The van der Waals surface area contributed by atoms with E-state index in [2.05, 4.69) is 5.32 Å². The van der Waals surface area contributed by atoms with Crippen molar-refractivity contribution in [2.24, 2.45) is 5.92 Å². The molecule has 0 spiro atoms. The highest BCUT2D eigenvalue weighted by Crippen LogP contribution is 2.24. The van der Waals surface area contributed by atoms with Crippen LogP contribution in [0.2, 0.25) is 10.0 Å². The first-order valence-corrected chi connectivity index (χ1v) is 9.95. The summed E-state index contributed by atoms with van der Waals surface area (Å²) < 4.78 is 0. The molecular formula is C21H20Cl2N2O4. The maximum absolute atomic E-state index is 12.5. The molecule has 1 fully saturated rings. The van der Waals surface area contributed by atoms with Crippen LogP contribution in [-0.4, -0.2) is 47.2 Å². The van der Waals surface area contributed by atoms with Crippen molar-refractivity contribution in [1.29, 1.82) is 0 Å². The van der Waals surface area contributed by atoms with Crippen LogP contribution in [-0.2, 0) is 4.79 Å². The van der Waals surface area contributed by atoms with Gasteiger partial charge in [0.15, 0.2) is 5.78 Å².